The number of esters is 1. The highest BCUT2D eigenvalue weighted by atomic mass is 19.1. The van der Waals surface area contributed by atoms with E-state index in [1.54, 1.807) is 50.7 Å². The minimum atomic E-state index is -0.658. The first-order valence-corrected chi connectivity index (χ1v) is 8.70. The molecule has 0 saturated carbocycles. The minimum Gasteiger partial charge on any atom is -0.461 e. The zero-order chi connectivity index (χ0) is 20.4. The highest BCUT2D eigenvalue weighted by Crippen LogP contribution is 2.31. The molecule has 1 aromatic heterocycles. The Labute approximate surface area is 162 Å². The van der Waals surface area contributed by atoms with Gasteiger partial charge in [0.1, 0.15) is 23.4 Å². The summed E-state index contributed by atoms with van der Waals surface area (Å²) in [6.07, 6.45) is 0. The van der Waals surface area contributed by atoms with E-state index in [0.29, 0.717) is 39.1 Å². The molecule has 3 rings (SSSR count). The molecule has 0 atom stereocenters. The van der Waals surface area contributed by atoms with Crippen LogP contribution >= 0.6 is 0 Å². The van der Waals surface area contributed by atoms with Crippen LogP contribution in [0.25, 0.3) is 22.3 Å². The molecule has 0 bridgehead atoms. The van der Waals surface area contributed by atoms with Crippen molar-refractivity contribution in [2.75, 3.05) is 6.61 Å². The minimum absolute atomic E-state index is 0.217. The Bertz CT molecular complexity index is 1080. The zero-order valence-corrected chi connectivity index (χ0v) is 15.7. The van der Waals surface area contributed by atoms with E-state index in [9.17, 15) is 18.8 Å². The van der Waals surface area contributed by atoms with Crippen LogP contribution < -0.4 is 5.59 Å². The van der Waals surface area contributed by atoms with Crippen molar-refractivity contribution < 1.29 is 18.3 Å². The second kappa shape index (κ2) is 7.69. The highest BCUT2D eigenvalue weighted by molar-refractivity contribution is 6.34. The number of nitrogens with zero attached hydrogens (tertiary/aromatic N) is 2. The van der Waals surface area contributed by atoms with Gasteiger partial charge in [-0.2, -0.15) is 5.26 Å². The Morgan fingerprint density at radius 3 is 2.21 bits per heavy atom. The lowest BCUT2D eigenvalue weighted by atomic mass is 9.93. The van der Waals surface area contributed by atoms with E-state index in [-0.39, 0.29) is 6.61 Å². The lowest BCUT2D eigenvalue weighted by molar-refractivity contribution is 0.0516. The van der Waals surface area contributed by atoms with Gasteiger partial charge in [-0.3, -0.25) is 0 Å². The van der Waals surface area contributed by atoms with Gasteiger partial charge in [-0.15, -0.1) is 0 Å². The van der Waals surface area contributed by atoms with Crippen LogP contribution in [0.15, 0.2) is 42.5 Å². The summed E-state index contributed by atoms with van der Waals surface area (Å²) in [4.78, 5) is 12.5. The van der Waals surface area contributed by atoms with Crippen molar-refractivity contribution in [3.05, 3.63) is 65.4 Å². The third-order valence-electron chi connectivity index (χ3n) is 4.64. The van der Waals surface area contributed by atoms with Crippen LogP contribution in [0.1, 0.15) is 23.0 Å². The third-order valence-corrected chi connectivity index (χ3v) is 4.64. The molecule has 0 radical (unpaired) electrons. The number of hydrogen-bond donors (Lipinski definition) is 0. The predicted molar refractivity (Wildman–Crippen MR) is 105 cm³/mol. The number of benzene rings is 2. The van der Waals surface area contributed by atoms with Gasteiger partial charge in [-0.1, -0.05) is 24.3 Å². The first kappa shape index (κ1) is 19.4. The second-order valence-corrected chi connectivity index (χ2v) is 6.31. The van der Waals surface area contributed by atoms with E-state index >= 15 is 0 Å². The Morgan fingerprint density at radius 2 is 1.68 bits per heavy atom. The zero-order valence-electron chi connectivity index (χ0n) is 15.7. The molecule has 0 unspecified atom stereocenters. The maximum atomic E-state index is 13.5. The maximum absolute atomic E-state index is 13.5. The van der Waals surface area contributed by atoms with Crippen molar-refractivity contribution in [3.63, 3.8) is 0 Å². The molecule has 0 spiro atoms. The number of hydrogen-bond acceptors (Lipinski definition) is 3. The van der Waals surface area contributed by atoms with Crippen LogP contribution in [0.3, 0.4) is 0 Å². The molecule has 1 heterocycles. The van der Waals surface area contributed by atoms with Crippen molar-refractivity contribution in [2.45, 2.75) is 6.92 Å². The number of ether oxygens (including phenoxy) is 1. The molecule has 140 valence electrons. The second-order valence-electron chi connectivity index (χ2n) is 6.31. The fourth-order valence-electron chi connectivity index (χ4n) is 3.21. The summed E-state index contributed by atoms with van der Waals surface area (Å²) in [6, 6.07) is 12.3. The van der Waals surface area contributed by atoms with Crippen LogP contribution in [0.2, 0.25) is 0 Å². The lowest BCUT2D eigenvalue weighted by Crippen LogP contribution is -2.20. The van der Waals surface area contributed by atoms with E-state index in [1.807, 2.05) is 0 Å². The SMILES string of the molecule is Bc1c(C#N)c(-c2ccc(-c3cc(F)cc(F)c3)cc2)c(C(=O)OCC)n1C. The van der Waals surface area contributed by atoms with Gasteiger partial charge in [0.05, 0.1) is 12.2 Å². The quantitative estimate of drug-likeness (QED) is 0.518. The smallest absolute Gasteiger partial charge is 0.355 e. The third kappa shape index (κ3) is 3.41. The fourth-order valence-corrected chi connectivity index (χ4v) is 3.21. The number of aromatic nitrogens is 1. The largest absolute Gasteiger partial charge is 0.461 e. The summed E-state index contributed by atoms with van der Waals surface area (Å²) in [7, 11) is 3.46. The molecular weight excluding hydrogens is 361 g/mol. The molecular formula is C21H17BF2N2O2. The van der Waals surface area contributed by atoms with Crippen molar-refractivity contribution in [2.24, 2.45) is 7.05 Å². The molecule has 2 aromatic carbocycles. The van der Waals surface area contributed by atoms with Gasteiger partial charge in [0, 0.05) is 18.7 Å². The van der Waals surface area contributed by atoms with Gasteiger partial charge < -0.3 is 9.30 Å². The van der Waals surface area contributed by atoms with Crippen LogP contribution in [0.5, 0.6) is 0 Å². The van der Waals surface area contributed by atoms with Crippen molar-refractivity contribution in [1.29, 1.82) is 5.26 Å². The Balaban J connectivity index is 2.13. The van der Waals surface area contributed by atoms with Crippen LogP contribution in [0, 0.1) is 23.0 Å². The number of halogens is 2. The normalized spacial score (nSPS) is 10.5. The molecule has 0 saturated heterocycles. The van der Waals surface area contributed by atoms with Gasteiger partial charge in [0.25, 0.3) is 0 Å². The highest BCUT2D eigenvalue weighted by Gasteiger charge is 2.25. The average Bonchev–Trinajstić information content (AvgIpc) is 2.92. The molecule has 0 N–H and O–H groups in total. The Kier molecular flexibility index (Phi) is 5.32. The Hall–Kier alpha value is -3.40. The molecule has 28 heavy (non-hydrogen) atoms. The van der Waals surface area contributed by atoms with E-state index in [1.165, 1.54) is 12.1 Å². The van der Waals surface area contributed by atoms with Gasteiger partial charge >= 0.3 is 5.97 Å². The van der Waals surface area contributed by atoms with Crippen molar-refractivity contribution in [3.8, 4) is 28.3 Å². The van der Waals surface area contributed by atoms with E-state index < -0.39 is 17.6 Å². The summed E-state index contributed by atoms with van der Waals surface area (Å²) in [5, 5.41) is 9.60. The number of carbonyl (C=O) groups excluding carboxylic acids is 1. The summed E-state index contributed by atoms with van der Waals surface area (Å²) in [5.41, 5.74) is 3.47. The number of carbonyl (C=O) groups is 1. The fraction of sp³-hybridized carbons (Fsp3) is 0.143. The molecule has 0 fully saturated rings. The average molecular weight is 378 g/mol. The first-order chi connectivity index (χ1) is 13.4. The standard InChI is InChI=1S/C21H17BF2N2O2/c1-3-28-21(27)19-18(17(11-25)20(22)26(19)2)13-6-4-12(5-7-13)14-8-15(23)10-16(24)9-14/h4-10H,3,22H2,1-2H3. The predicted octanol–water partition coefficient (Wildman–Crippen LogP) is 2.94. The van der Waals surface area contributed by atoms with E-state index in [2.05, 4.69) is 6.07 Å². The van der Waals surface area contributed by atoms with Gasteiger partial charge in [0.15, 0.2) is 7.85 Å². The summed E-state index contributed by atoms with van der Waals surface area (Å²) in [5.74, 6) is -1.83. The van der Waals surface area contributed by atoms with Crippen molar-refractivity contribution >= 4 is 19.4 Å². The Morgan fingerprint density at radius 1 is 1.11 bits per heavy atom. The molecule has 0 aliphatic carbocycles. The van der Waals surface area contributed by atoms with Crippen LogP contribution in [0.4, 0.5) is 8.78 Å². The van der Waals surface area contributed by atoms with E-state index in [0.717, 1.165) is 6.07 Å². The van der Waals surface area contributed by atoms with Gasteiger partial charge in [-0.25, -0.2) is 13.6 Å². The van der Waals surface area contributed by atoms with Crippen LogP contribution in [-0.2, 0) is 11.8 Å². The molecule has 4 nitrogen and oxygen atoms in total. The molecule has 0 aliphatic rings. The summed E-state index contributed by atoms with van der Waals surface area (Å²) >= 11 is 0. The molecule has 7 heteroatoms. The summed E-state index contributed by atoms with van der Waals surface area (Å²) < 4.78 is 33.8. The van der Waals surface area contributed by atoms with E-state index in [4.69, 9.17) is 4.74 Å². The molecule has 3 aromatic rings. The number of rotatable bonds is 4. The summed E-state index contributed by atoms with van der Waals surface area (Å²) in [6.45, 7) is 1.93. The first-order valence-electron chi connectivity index (χ1n) is 8.70. The monoisotopic (exact) mass is 378 g/mol. The van der Waals surface area contributed by atoms with Gasteiger partial charge in [-0.05, 0) is 41.3 Å². The van der Waals surface area contributed by atoms with Gasteiger partial charge in [0.2, 0.25) is 0 Å². The maximum Gasteiger partial charge on any atom is 0.355 e. The van der Waals surface area contributed by atoms with Crippen molar-refractivity contribution in [1.82, 2.24) is 4.57 Å². The topological polar surface area (TPSA) is 55.0 Å². The lowest BCUT2D eigenvalue weighted by Gasteiger charge is -2.09. The number of nitriles is 1. The van der Waals surface area contributed by atoms with Crippen LogP contribution in [-0.4, -0.2) is 25.0 Å². The molecule has 0 amide bonds. The molecule has 0 aliphatic heterocycles.